The van der Waals surface area contributed by atoms with Gasteiger partial charge >= 0.3 is 24.2 Å². The molecule has 0 aliphatic rings. The molecule has 0 aromatic heterocycles. The number of esters is 2. The van der Waals surface area contributed by atoms with Crippen molar-refractivity contribution in [2.75, 3.05) is 0 Å². The molecule has 3 aromatic rings. The van der Waals surface area contributed by atoms with Gasteiger partial charge in [-0.2, -0.15) is 17.6 Å². The molecule has 0 saturated carbocycles. The third kappa shape index (κ3) is 10.6. The summed E-state index contributed by atoms with van der Waals surface area (Å²) < 4.78 is 78.6. The molecule has 0 saturated heterocycles. The molecule has 0 N–H and O–H groups in total. The Labute approximate surface area is 249 Å². The smallest absolute Gasteiger partial charge is 0.426 e. The van der Waals surface area contributed by atoms with E-state index in [1.807, 2.05) is 27.7 Å². The van der Waals surface area contributed by atoms with E-state index in [-0.39, 0.29) is 39.7 Å². The second-order valence-electron chi connectivity index (χ2n) is 8.55. The van der Waals surface area contributed by atoms with Crippen LogP contribution >= 0.6 is 0 Å². The van der Waals surface area contributed by atoms with Crippen LogP contribution in [0.25, 0.3) is 0 Å². The van der Waals surface area contributed by atoms with Crippen molar-refractivity contribution in [3.63, 3.8) is 0 Å². The molecule has 6 nitrogen and oxygen atoms in total. The van der Waals surface area contributed by atoms with Gasteiger partial charge in [0, 0.05) is 11.1 Å². The summed E-state index contributed by atoms with van der Waals surface area (Å²) in [5, 5.41) is 0. The molecular formula is C33H36F4O6. The van der Waals surface area contributed by atoms with Crippen molar-refractivity contribution in [3.05, 3.63) is 108 Å². The monoisotopic (exact) mass is 604 g/mol. The first-order chi connectivity index (χ1) is 20.2. The Hall–Kier alpha value is -4.60. The Kier molecular flexibility index (Phi) is 13.7. The predicted octanol–water partition coefficient (Wildman–Crippen LogP) is 9.27. The molecule has 0 aliphatic carbocycles. The summed E-state index contributed by atoms with van der Waals surface area (Å²) in [7, 11) is 0. The minimum atomic E-state index is -3.79. The SMILES string of the molecule is C=C(C)C(=O)Oc1ccc(C(F)(F)Oc2ccc(OC(F)(F)c3ccc(OC(=O)C(=C)C)cc3)c(C)c2)cc1.CC.CC. The van der Waals surface area contributed by atoms with Crippen molar-refractivity contribution >= 4 is 11.9 Å². The topological polar surface area (TPSA) is 71.1 Å². The zero-order valence-corrected chi connectivity index (χ0v) is 25.2. The largest absolute Gasteiger partial charge is 0.429 e. The van der Waals surface area contributed by atoms with E-state index in [4.69, 9.17) is 18.9 Å². The van der Waals surface area contributed by atoms with Gasteiger partial charge in [0.2, 0.25) is 0 Å². The van der Waals surface area contributed by atoms with Gasteiger partial charge in [-0.05, 0) is 93.1 Å². The minimum absolute atomic E-state index is 0.0448. The summed E-state index contributed by atoms with van der Waals surface area (Å²) in [5.74, 6) is -1.87. The van der Waals surface area contributed by atoms with Crippen LogP contribution in [0.1, 0.15) is 58.2 Å². The van der Waals surface area contributed by atoms with Gasteiger partial charge in [-0.1, -0.05) is 40.9 Å². The van der Waals surface area contributed by atoms with E-state index in [2.05, 4.69) is 13.2 Å². The number of alkyl halides is 4. The van der Waals surface area contributed by atoms with Crippen LogP contribution in [0.3, 0.4) is 0 Å². The number of hydrogen-bond donors (Lipinski definition) is 0. The van der Waals surface area contributed by atoms with Crippen molar-refractivity contribution in [1.29, 1.82) is 0 Å². The first-order valence-corrected chi connectivity index (χ1v) is 13.4. The average molecular weight is 605 g/mol. The van der Waals surface area contributed by atoms with Crippen LogP contribution in [0.2, 0.25) is 0 Å². The Balaban J connectivity index is 0.00000221. The van der Waals surface area contributed by atoms with Gasteiger partial charge in [-0.25, -0.2) is 9.59 Å². The highest BCUT2D eigenvalue weighted by molar-refractivity contribution is 5.89. The molecule has 0 spiro atoms. The Bertz CT molecular complexity index is 1400. The maximum absolute atomic E-state index is 14.8. The van der Waals surface area contributed by atoms with Gasteiger partial charge < -0.3 is 18.9 Å². The van der Waals surface area contributed by atoms with Crippen LogP contribution in [0.15, 0.2) is 91.0 Å². The number of carbonyl (C=O) groups excluding carboxylic acids is 2. The molecular weight excluding hydrogens is 568 g/mol. The lowest BCUT2D eigenvalue weighted by Crippen LogP contribution is -2.23. The molecule has 10 heteroatoms. The Morgan fingerprint density at radius 1 is 0.605 bits per heavy atom. The molecule has 0 amide bonds. The molecule has 0 unspecified atom stereocenters. The summed E-state index contributed by atoms with van der Waals surface area (Å²) in [5.41, 5.74) is -0.654. The zero-order chi connectivity index (χ0) is 33.0. The predicted molar refractivity (Wildman–Crippen MR) is 157 cm³/mol. The van der Waals surface area contributed by atoms with E-state index in [0.29, 0.717) is 0 Å². The van der Waals surface area contributed by atoms with Crippen molar-refractivity contribution in [3.8, 4) is 23.0 Å². The summed E-state index contributed by atoms with van der Waals surface area (Å²) in [6.45, 7) is 19.2. The standard InChI is InChI=1S/C29H24F4O6.2C2H6/c1-17(2)26(34)36-22-10-6-20(7-11-22)28(30,31)38-24-14-15-25(19(5)16-24)39-29(32,33)21-8-12-23(13-9-21)37-27(35)18(3)4;2*1-2/h6-16H,1,3H2,2,4-5H3;2*1-2H3. The van der Waals surface area contributed by atoms with Gasteiger partial charge in [-0.15, -0.1) is 0 Å². The lowest BCUT2D eigenvalue weighted by Gasteiger charge is -2.22. The maximum atomic E-state index is 14.8. The fourth-order valence-corrected chi connectivity index (χ4v) is 3.03. The van der Waals surface area contributed by atoms with Crippen LogP contribution in [0, 0.1) is 6.92 Å². The molecule has 0 aliphatic heterocycles. The number of hydrogen-bond acceptors (Lipinski definition) is 6. The van der Waals surface area contributed by atoms with Crippen molar-refractivity contribution in [2.45, 2.75) is 60.7 Å². The maximum Gasteiger partial charge on any atom is 0.426 e. The summed E-state index contributed by atoms with van der Waals surface area (Å²) in [4.78, 5) is 23.1. The molecule has 0 atom stereocenters. The van der Waals surface area contributed by atoms with Gasteiger partial charge in [-0.3, -0.25) is 0 Å². The zero-order valence-electron chi connectivity index (χ0n) is 25.2. The summed E-state index contributed by atoms with van der Waals surface area (Å²) >= 11 is 0. The quantitative estimate of drug-likeness (QED) is 0.0994. The highest BCUT2D eigenvalue weighted by atomic mass is 19.3. The molecule has 0 radical (unpaired) electrons. The van der Waals surface area contributed by atoms with Crippen molar-refractivity contribution in [1.82, 2.24) is 0 Å². The van der Waals surface area contributed by atoms with E-state index in [0.717, 1.165) is 42.5 Å². The van der Waals surface area contributed by atoms with Crippen LogP contribution in [0.5, 0.6) is 23.0 Å². The number of halogens is 4. The van der Waals surface area contributed by atoms with E-state index in [1.54, 1.807) is 0 Å². The fourth-order valence-electron chi connectivity index (χ4n) is 3.03. The van der Waals surface area contributed by atoms with Crippen LogP contribution in [-0.4, -0.2) is 11.9 Å². The number of rotatable bonds is 10. The van der Waals surface area contributed by atoms with Gasteiger partial charge in [0.25, 0.3) is 0 Å². The third-order valence-corrected chi connectivity index (χ3v) is 5.13. The normalized spacial score (nSPS) is 10.6. The lowest BCUT2D eigenvalue weighted by atomic mass is 10.1. The van der Waals surface area contributed by atoms with E-state index in [9.17, 15) is 27.2 Å². The molecule has 0 heterocycles. The first-order valence-electron chi connectivity index (χ1n) is 13.4. The Morgan fingerprint density at radius 3 is 1.30 bits per heavy atom. The number of benzene rings is 3. The summed E-state index contributed by atoms with van der Waals surface area (Å²) in [6, 6.07) is 12.1. The number of aryl methyl sites for hydroxylation is 1. The number of ether oxygens (including phenoxy) is 4. The van der Waals surface area contributed by atoms with Crippen molar-refractivity contribution < 1.29 is 46.1 Å². The second-order valence-corrected chi connectivity index (χ2v) is 8.55. The van der Waals surface area contributed by atoms with E-state index >= 15 is 0 Å². The van der Waals surface area contributed by atoms with Crippen LogP contribution in [-0.2, 0) is 21.8 Å². The highest BCUT2D eigenvalue weighted by Gasteiger charge is 2.37. The van der Waals surface area contributed by atoms with Gasteiger partial charge in [0.15, 0.2) is 0 Å². The second kappa shape index (κ2) is 16.1. The van der Waals surface area contributed by atoms with E-state index in [1.165, 1.54) is 45.0 Å². The third-order valence-electron chi connectivity index (χ3n) is 5.13. The molecule has 0 bridgehead atoms. The summed E-state index contributed by atoms with van der Waals surface area (Å²) in [6.07, 6.45) is -7.58. The average Bonchev–Trinajstić information content (AvgIpc) is 2.97. The molecule has 3 aromatic carbocycles. The van der Waals surface area contributed by atoms with Gasteiger partial charge in [0.05, 0.1) is 11.1 Å². The number of carbonyl (C=O) groups is 2. The fraction of sp³-hybridized carbons (Fsp3) is 0.273. The van der Waals surface area contributed by atoms with Crippen molar-refractivity contribution in [2.24, 2.45) is 0 Å². The molecule has 232 valence electrons. The highest BCUT2D eigenvalue weighted by Crippen LogP contribution is 2.37. The Morgan fingerprint density at radius 2 is 0.953 bits per heavy atom. The minimum Gasteiger partial charge on any atom is -0.429 e. The van der Waals surface area contributed by atoms with Crippen LogP contribution in [0.4, 0.5) is 17.6 Å². The molecule has 0 fully saturated rings. The van der Waals surface area contributed by atoms with E-state index < -0.39 is 35.3 Å². The molecule has 3 rings (SSSR count). The molecule has 43 heavy (non-hydrogen) atoms. The first kappa shape index (κ1) is 36.4. The lowest BCUT2D eigenvalue weighted by molar-refractivity contribution is -0.188. The van der Waals surface area contributed by atoms with Gasteiger partial charge in [0.1, 0.15) is 23.0 Å². The van der Waals surface area contributed by atoms with Crippen LogP contribution < -0.4 is 18.9 Å².